The first kappa shape index (κ1) is 16.9. The summed E-state index contributed by atoms with van der Waals surface area (Å²) in [4.78, 5) is 25.8. The minimum atomic E-state index is -0.600. The average molecular weight is 335 g/mol. The first-order chi connectivity index (χ1) is 11.5. The molecular formula is C18H22FNO4. The molecule has 3 rings (SSSR count). The second kappa shape index (κ2) is 6.89. The second-order valence-corrected chi connectivity index (χ2v) is 6.66. The Morgan fingerprint density at radius 3 is 2.67 bits per heavy atom. The number of aliphatic hydroxyl groups excluding tert-OH is 1. The highest BCUT2D eigenvalue weighted by Gasteiger charge is 2.34. The fraction of sp³-hybridized carbons (Fsp3) is 0.556. The number of esters is 1. The topological polar surface area (TPSA) is 66.8 Å². The first-order valence-electron chi connectivity index (χ1n) is 8.33. The fourth-order valence-electron chi connectivity index (χ4n) is 3.79. The molecule has 1 aromatic carbocycles. The predicted octanol–water partition coefficient (Wildman–Crippen LogP) is 2.25. The van der Waals surface area contributed by atoms with Crippen molar-refractivity contribution >= 4 is 11.9 Å². The van der Waals surface area contributed by atoms with Crippen molar-refractivity contribution in [3.05, 3.63) is 34.6 Å². The molecule has 0 bridgehead atoms. The maximum atomic E-state index is 14.3. The van der Waals surface area contributed by atoms with Gasteiger partial charge in [0.25, 0.3) is 5.91 Å². The molecule has 1 fully saturated rings. The Morgan fingerprint density at radius 2 is 2.04 bits per heavy atom. The minimum absolute atomic E-state index is 0.0396. The van der Waals surface area contributed by atoms with Crippen molar-refractivity contribution in [2.75, 3.05) is 13.7 Å². The molecule has 0 spiro atoms. The van der Waals surface area contributed by atoms with E-state index in [0.717, 1.165) is 25.7 Å². The van der Waals surface area contributed by atoms with Crippen molar-refractivity contribution < 1.29 is 23.8 Å². The minimum Gasteiger partial charge on any atom is -0.469 e. The van der Waals surface area contributed by atoms with Gasteiger partial charge in [-0.2, -0.15) is 0 Å². The molecule has 0 unspecified atom stereocenters. The normalized spacial score (nSPS) is 23.3. The van der Waals surface area contributed by atoms with Crippen LogP contribution in [0.15, 0.2) is 12.1 Å². The molecule has 1 aliphatic carbocycles. The summed E-state index contributed by atoms with van der Waals surface area (Å²) in [6, 6.07) is 3.25. The molecule has 1 amide bonds. The van der Waals surface area contributed by atoms with Crippen LogP contribution in [0.3, 0.4) is 0 Å². The van der Waals surface area contributed by atoms with Gasteiger partial charge in [-0.3, -0.25) is 9.59 Å². The number of aliphatic hydroxyl groups is 1. The monoisotopic (exact) mass is 335 g/mol. The van der Waals surface area contributed by atoms with Gasteiger partial charge in [0.1, 0.15) is 5.82 Å². The summed E-state index contributed by atoms with van der Waals surface area (Å²) in [6.07, 6.45) is 3.28. The van der Waals surface area contributed by atoms with Gasteiger partial charge in [0, 0.05) is 18.7 Å². The maximum Gasteiger partial charge on any atom is 0.308 e. The summed E-state index contributed by atoms with van der Waals surface area (Å²) in [6.45, 7) is 0.576. The molecule has 1 heterocycles. The van der Waals surface area contributed by atoms with E-state index in [1.807, 2.05) is 0 Å². The van der Waals surface area contributed by atoms with Gasteiger partial charge in [-0.1, -0.05) is 12.1 Å². The molecule has 1 aromatic rings. The third-order valence-electron chi connectivity index (χ3n) is 5.20. The van der Waals surface area contributed by atoms with Gasteiger partial charge in [-0.15, -0.1) is 0 Å². The Hall–Kier alpha value is -1.95. The van der Waals surface area contributed by atoms with Gasteiger partial charge in [0.15, 0.2) is 0 Å². The molecular weight excluding hydrogens is 313 g/mol. The van der Waals surface area contributed by atoms with Crippen molar-refractivity contribution in [3.63, 3.8) is 0 Å². The number of ether oxygens (including phenoxy) is 1. The van der Waals surface area contributed by atoms with Gasteiger partial charge in [0.2, 0.25) is 0 Å². The number of methoxy groups -OCH3 is 1. The Balaban J connectivity index is 1.63. The summed E-state index contributed by atoms with van der Waals surface area (Å²) in [5.41, 5.74) is 0.935. The zero-order valence-corrected chi connectivity index (χ0v) is 13.8. The van der Waals surface area contributed by atoms with Crippen LogP contribution < -0.4 is 0 Å². The van der Waals surface area contributed by atoms with Crippen molar-refractivity contribution in [2.45, 2.75) is 38.8 Å². The molecule has 0 saturated heterocycles. The molecule has 0 atom stereocenters. The standard InChI is InChI=1S/C18H22FNO4/c1-24-18(23)12-4-2-11(3-5-12)8-20-9-13-6-7-14(10-21)16(19)15(13)17(20)22/h6-7,11-12,21H,2-5,8-10H2,1H3. The summed E-state index contributed by atoms with van der Waals surface area (Å²) in [5, 5.41) is 9.15. The van der Waals surface area contributed by atoms with Crippen LogP contribution >= 0.6 is 0 Å². The van der Waals surface area contributed by atoms with E-state index in [-0.39, 0.29) is 28.9 Å². The Morgan fingerprint density at radius 1 is 1.33 bits per heavy atom. The number of hydrogen-bond donors (Lipinski definition) is 1. The number of carbonyl (C=O) groups is 2. The molecule has 130 valence electrons. The van der Waals surface area contributed by atoms with Crippen LogP contribution in [0, 0.1) is 17.7 Å². The lowest BCUT2D eigenvalue weighted by Crippen LogP contribution is -2.33. The Labute approximate surface area is 140 Å². The lowest BCUT2D eigenvalue weighted by atomic mass is 9.82. The number of nitrogens with zero attached hydrogens (tertiary/aromatic N) is 1. The molecule has 1 aliphatic heterocycles. The summed E-state index contributed by atoms with van der Waals surface area (Å²) < 4.78 is 19.1. The van der Waals surface area contributed by atoms with Gasteiger partial charge in [-0.25, -0.2) is 4.39 Å². The van der Waals surface area contributed by atoms with E-state index >= 15 is 0 Å². The summed E-state index contributed by atoms with van der Waals surface area (Å²) in [5.74, 6) is -0.770. The third-order valence-corrected chi connectivity index (χ3v) is 5.20. The SMILES string of the molecule is COC(=O)C1CCC(CN2Cc3ccc(CO)c(F)c3C2=O)CC1. The van der Waals surface area contributed by atoms with Crippen molar-refractivity contribution in [1.29, 1.82) is 0 Å². The Kier molecular flexibility index (Phi) is 4.85. The molecule has 5 nitrogen and oxygen atoms in total. The number of fused-ring (bicyclic) bond motifs is 1. The lowest BCUT2D eigenvalue weighted by molar-refractivity contribution is -0.146. The molecule has 0 aromatic heterocycles. The smallest absolute Gasteiger partial charge is 0.308 e. The molecule has 1 N–H and O–H groups in total. The van der Waals surface area contributed by atoms with E-state index in [0.29, 0.717) is 24.6 Å². The molecule has 6 heteroatoms. The zero-order chi connectivity index (χ0) is 17.3. The molecule has 0 radical (unpaired) electrons. The van der Waals surface area contributed by atoms with Crippen LogP contribution in [0.4, 0.5) is 4.39 Å². The van der Waals surface area contributed by atoms with Crippen LogP contribution in [0.5, 0.6) is 0 Å². The largest absolute Gasteiger partial charge is 0.469 e. The van der Waals surface area contributed by atoms with E-state index in [1.54, 1.807) is 11.0 Å². The van der Waals surface area contributed by atoms with Crippen LogP contribution in [-0.4, -0.2) is 35.5 Å². The van der Waals surface area contributed by atoms with E-state index in [1.165, 1.54) is 13.2 Å². The van der Waals surface area contributed by atoms with E-state index < -0.39 is 12.4 Å². The average Bonchev–Trinajstić information content (AvgIpc) is 2.92. The maximum absolute atomic E-state index is 14.3. The fourth-order valence-corrected chi connectivity index (χ4v) is 3.79. The first-order valence-corrected chi connectivity index (χ1v) is 8.33. The van der Waals surface area contributed by atoms with Gasteiger partial charge >= 0.3 is 5.97 Å². The number of benzene rings is 1. The number of hydrogen-bond acceptors (Lipinski definition) is 4. The van der Waals surface area contributed by atoms with E-state index in [2.05, 4.69) is 0 Å². The van der Waals surface area contributed by atoms with Crippen LogP contribution in [0.1, 0.15) is 47.2 Å². The Bertz CT molecular complexity index is 653. The van der Waals surface area contributed by atoms with Gasteiger partial charge in [-0.05, 0) is 37.2 Å². The number of rotatable bonds is 4. The third kappa shape index (κ3) is 3.02. The van der Waals surface area contributed by atoms with E-state index in [9.17, 15) is 14.0 Å². The van der Waals surface area contributed by atoms with Crippen LogP contribution in [0.25, 0.3) is 0 Å². The van der Waals surface area contributed by atoms with Crippen molar-refractivity contribution in [3.8, 4) is 0 Å². The van der Waals surface area contributed by atoms with Gasteiger partial charge in [0.05, 0.1) is 25.2 Å². The lowest BCUT2D eigenvalue weighted by Gasteiger charge is -2.30. The number of carbonyl (C=O) groups excluding carboxylic acids is 2. The highest BCUT2D eigenvalue weighted by Crippen LogP contribution is 2.33. The highest BCUT2D eigenvalue weighted by molar-refractivity contribution is 5.98. The number of halogens is 1. The van der Waals surface area contributed by atoms with Gasteiger partial charge < -0.3 is 14.7 Å². The van der Waals surface area contributed by atoms with Crippen LogP contribution in [0.2, 0.25) is 0 Å². The van der Waals surface area contributed by atoms with Crippen molar-refractivity contribution in [1.82, 2.24) is 4.90 Å². The zero-order valence-electron chi connectivity index (χ0n) is 13.8. The van der Waals surface area contributed by atoms with E-state index in [4.69, 9.17) is 9.84 Å². The van der Waals surface area contributed by atoms with Crippen LogP contribution in [-0.2, 0) is 22.7 Å². The van der Waals surface area contributed by atoms with Crippen molar-refractivity contribution in [2.24, 2.45) is 11.8 Å². The summed E-state index contributed by atoms with van der Waals surface area (Å²) in [7, 11) is 1.41. The summed E-state index contributed by atoms with van der Waals surface area (Å²) >= 11 is 0. The quantitative estimate of drug-likeness (QED) is 0.857. The molecule has 1 saturated carbocycles. The second-order valence-electron chi connectivity index (χ2n) is 6.66. The molecule has 2 aliphatic rings. The molecule has 24 heavy (non-hydrogen) atoms. The highest BCUT2D eigenvalue weighted by atomic mass is 19.1. The number of amides is 1. The predicted molar refractivity (Wildman–Crippen MR) is 84.5 cm³/mol.